The first-order valence-electron chi connectivity index (χ1n) is 7.11. The Balaban J connectivity index is 1.91. The van der Waals surface area contributed by atoms with Crippen LogP contribution in [0.25, 0.3) is 0 Å². The minimum absolute atomic E-state index is 0.00215. The zero-order valence-electron chi connectivity index (χ0n) is 12.6. The summed E-state index contributed by atoms with van der Waals surface area (Å²) in [4.78, 5) is 5.94. The number of alkyl halides is 3. The summed E-state index contributed by atoms with van der Waals surface area (Å²) < 4.78 is 37.8. The highest BCUT2D eigenvalue weighted by Crippen LogP contribution is 2.31. The average molecular weight is 321 g/mol. The van der Waals surface area contributed by atoms with Crippen LogP contribution >= 0.6 is 11.3 Å². The molecule has 0 aliphatic heterocycles. The summed E-state index contributed by atoms with van der Waals surface area (Å²) in [6.45, 7) is 6.30. The molecule has 1 heterocycles. The summed E-state index contributed by atoms with van der Waals surface area (Å²) in [6, 6.07) is 0.0736. The van der Waals surface area contributed by atoms with Gasteiger partial charge in [-0.1, -0.05) is 0 Å². The second-order valence-corrected chi connectivity index (χ2v) is 7.53. The van der Waals surface area contributed by atoms with Crippen LogP contribution < -0.4 is 5.32 Å². The fraction of sp³-hybridized carbons (Fsp3) is 0.786. The summed E-state index contributed by atoms with van der Waals surface area (Å²) >= 11 is 1.50. The first-order chi connectivity index (χ1) is 9.62. The van der Waals surface area contributed by atoms with Crippen molar-refractivity contribution in [1.29, 1.82) is 0 Å². The van der Waals surface area contributed by atoms with Crippen LogP contribution in [0.2, 0.25) is 0 Å². The van der Waals surface area contributed by atoms with E-state index in [9.17, 15) is 13.2 Å². The van der Waals surface area contributed by atoms with E-state index in [-0.39, 0.29) is 18.1 Å². The van der Waals surface area contributed by atoms with Crippen molar-refractivity contribution in [1.82, 2.24) is 15.2 Å². The Labute approximate surface area is 127 Å². The molecule has 1 aromatic rings. The molecular formula is C14H22F3N3S. The monoisotopic (exact) mass is 321 g/mol. The lowest BCUT2D eigenvalue weighted by Crippen LogP contribution is -2.36. The van der Waals surface area contributed by atoms with Gasteiger partial charge in [-0.05, 0) is 33.6 Å². The topological polar surface area (TPSA) is 28.2 Å². The molecule has 21 heavy (non-hydrogen) atoms. The molecule has 7 heteroatoms. The van der Waals surface area contributed by atoms with Gasteiger partial charge in [0.15, 0.2) is 0 Å². The summed E-state index contributed by atoms with van der Waals surface area (Å²) in [6.07, 6.45) is -2.42. The fourth-order valence-corrected chi connectivity index (χ4v) is 2.76. The van der Waals surface area contributed by atoms with Gasteiger partial charge < -0.3 is 5.32 Å². The van der Waals surface area contributed by atoms with Crippen molar-refractivity contribution in [2.45, 2.75) is 64.5 Å². The first-order valence-corrected chi connectivity index (χ1v) is 7.99. The Morgan fingerprint density at radius 1 is 1.33 bits per heavy atom. The van der Waals surface area contributed by atoms with Gasteiger partial charge in [0, 0.05) is 30.1 Å². The Morgan fingerprint density at radius 2 is 2.00 bits per heavy atom. The second-order valence-electron chi connectivity index (χ2n) is 6.59. The number of halogens is 3. The van der Waals surface area contributed by atoms with Crippen molar-refractivity contribution in [3.63, 3.8) is 0 Å². The van der Waals surface area contributed by atoms with Crippen LogP contribution in [0.3, 0.4) is 0 Å². The standard InChI is InChI=1S/C14H22F3N3S/c1-13(2,3)18-6-12-19-10(8-21-12)7-20(11-4-5-11)9-14(15,16)17/h8,11,18H,4-7,9H2,1-3H3. The molecule has 1 aromatic heterocycles. The second kappa shape index (κ2) is 6.22. The predicted molar refractivity (Wildman–Crippen MR) is 78.2 cm³/mol. The largest absolute Gasteiger partial charge is 0.401 e. The Kier molecular flexibility index (Phi) is 4.95. The number of nitrogens with zero attached hydrogens (tertiary/aromatic N) is 2. The van der Waals surface area contributed by atoms with E-state index in [1.165, 1.54) is 16.2 Å². The normalized spacial score (nSPS) is 16.7. The molecule has 1 fully saturated rings. The molecule has 3 nitrogen and oxygen atoms in total. The molecule has 1 saturated carbocycles. The van der Waals surface area contributed by atoms with Gasteiger partial charge in [0.2, 0.25) is 0 Å². The molecule has 1 aliphatic rings. The molecule has 0 atom stereocenters. The van der Waals surface area contributed by atoms with Crippen LogP contribution in [0, 0.1) is 0 Å². The van der Waals surface area contributed by atoms with Gasteiger partial charge in [0.05, 0.1) is 12.2 Å². The molecule has 0 aromatic carbocycles. The van der Waals surface area contributed by atoms with Crippen molar-refractivity contribution in [2.24, 2.45) is 0 Å². The highest BCUT2D eigenvalue weighted by atomic mass is 32.1. The molecule has 120 valence electrons. The fourth-order valence-electron chi connectivity index (χ4n) is 2.04. The quantitative estimate of drug-likeness (QED) is 0.868. The Hall–Kier alpha value is -0.660. The predicted octanol–water partition coefficient (Wildman–Crippen LogP) is 3.56. The molecule has 1 aliphatic carbocycles. The summed E-state index contributed by atoms with van der Waals surface area (Å²) in [5, 5.41) is 6.12. The van der Waals surface area contributed by atoms with Gasteiger partial charge in [-0.15, -0.1) is 11.3 Å². The molecule has 2 rings (SSSR count). The maximum Gasteiger partial charge on any atom is 0.401 e. The van der Waals surface area contributed by atoms with E-state index in [2.05, 4.69) is 31.1 Å². The minimum atomic E-state index is -4.14. The van der Waals surface area contributed by atoms with Crippen molar-refractivity contribution >= 4 is 11.3 Å². The lowest BCUT2D eigenvalue weighted by atomic mass is 10.1. The number of hydrogen-bond donors (Lipinski definition) is 1. The van der Waals surface area contributed by atoms with Crippen LogP contribution in [0.5, 0.6) is 0 Å². The highest BCUT2D eigenvalue weighted by Gasteiger charge is 2.38. The van der Waals surface area contributed by atoms with Crippen LogP contribution in [0.15, 0.2) is 5.38 Å². The summed E-state index contributed by atoms with van der Waals surface area (Å²) in [7, 11) is 0. The van der Waals surface area contributed by atoms with Gasteiger partial charge in [-0.3, -0.25) is 4.90 Å². The zero-order valence-corrected chi connectivity index (χ0v) is 13.4. The lowest BCUT2D eigenvalue weighted by molar-refractivity contribution is -0.148. The van der Waals surface area contributed by atoms with E-state index in [0.29, 0.717) is 6.54 Å². The third-order valence-corrected chi connectivity index (χ3v) is 4.08. The van der Waals surface area contributed by atoms with Crippen LogP contribution in [0.4, 0.5) is 13.2 Å². The van der Waals surface area contributed by atoms with E-state index in [0.717, 1.165) is 23.5 Å². The molecule has 0 amide bonds. The Bertz CT molecular complexity index is 461. The van der Waals surface area contributed by atoms with E-state index in [1.807, 2.05) is 5.38 Å². The summed E-state index contributed by atoms with van der Waals surface area (Å²) in [5.41, 5.74) is 0.740. The molecule has 1 N–H and O–H groups in total. The van der Waals surface area contributed by atoms with Crippen molar-refractivity contribution in [3.8, 4) is 0 Å². The molecule has 0 spiro atoms. The highest BCUT2D eigenvalue weighted by molar-refractivity contribution is 7.09. The van der Waals surface area contributed by atoms with Gasteiger partial charge in [0.1, 0.15) is 5.01 Å². The van der Waals surface area contributed by atoms with Crippen molar-refractivity contribution in [3.05, 3.63) is 16.1 Å². The average Bonchev–Trinajstić information content (AvgIpc) is 3.05. The third kappa shape index (κ3) is 6.32. The molecule has 0 bridgehead atoms. The van der Waals surface area contributed by atoms with E-state index >= 15 is 0 Å². The number of aromatic nitrogens is 1. The van der Waals surface area contributed by atoms with Crippen LogP contribution in [-0.2, 0) is 13.1 Å². The van der Waals surface area contributed by atoms with Gasteiger partial charge >= 0.3 is 6.18 Å². The van der Waals surface area contributed by atoms with E-state index in [1.54, 1.807) is 0 Å². The number of thiazole rings is 1. The minimum Gasteiger partial charge on any atom is -0.306 e. The van der Waals surface area contributed by atoms with Gasteiger partial charge in [0.25, 0.3) is 0 Å². The van der Waals surface area contributed by atoms with Gasteiger partial charge in [-0.25, -0.2) is 4.98 Å². The van der Waals surface area contributed by atoms with Crippen LogP contribution in [-0.4, -0.2) is 34.2 Å². The first kappa shape index (κ1) is 16.7. The maximum atomic E-state index is 12.6. The van der Waals surface area contributed by atoms with Gasteiger partial charge in [-0.2, -0.15) is 13.2 Å². The number of hydrogen-bond acceptors (Lipinski definition) is 4. The Morgan fingerprint density at radius 3 is 2.52 bits per heavy atom. The SMILES string of the molecule is CC(C)(C)NCc1nc(CN(CC(F)(F)F)C2CC2)cs1. The zero-order chi connectivity index (χ0) is 15.7. The van der Waals surface area contributed by atoms with E-state index in [4.69, 9.17) is 0 Å². The number of nitrogens with one attached hydrogen (secondary N) is 1. The molecular weight excluding hydrogens is 299 g/mol. The van der Waals surface area contributed by atoms with Crippen LogP contribution in [0.1, 0.15) is 44.3 Å². The smallest absolute Gasteiger partial charge is 0.306 e. The maximum absolute atomic E-state index is 12.6. The molecule has 0 unspecified atom stereocenters. The third-order valence-electron chi connectivity index (χ3n) is 3.18. The van der Waals surface area contributed by atoms with Crippen molar-refractivity contribution < 1.29 is 13.2 Å². The number of rotatable bonds is 6. The summed E-state index contributed by atoms with van der Waals surface area (Å²) in [5.74, 6) is 0. The lowest BCUT2D eigenvalue weighted by Gasteiger charge is -2.22. The van der Waals surface area contributed by atoms with Crippen molar-refractivity contribution in [2.75, 3.05) is 6.54 Å². The molecule has 0 radical (unpaired) electrons. The van der Waals surface area contributed by atoms with E-state index < -0.39 is 12.7 Å². The molecule has 0 saturated heterocycles.